The summed E-state index contributed by atoms with van der Waals surface area (Å²) in [6, 6.07) is 14.0. The molecule has 0 unspecified atom stereocenters. The zero-order chi connectivity index (χ0) is 15.9. The lowest BCUT2D eigenvalue weighted by Crippen LogP contribution is -2.14. The average Bonchev–Trinajstić information content (AvgIpc) is 2.50. The molecule has 2 aromatic rings. The van der Waals surface area contributed by atoms with Gasteiger partial charge < -0.3 is 16.4 Å². The van der Waals surface area contributed by atoms with Gasteiger partial charge in [0.15, 0.2) is 0 Å². The van der Waals surface area contributed by atoms with Crippen molar-refractivity contribution in [3.05, 3.63) is 66.1 Å². The molecule has 0 aliphatic carbocycles. The minimum Gasteiger partial charge on any atom is -0.399 e. The number of nitrogens with zero attached hydrogens (tertiary/aromatic N) is 1. The molecule has 22 heavy (non-hydrogen) atoms. The van der Waals surface area contributed by atoms with E-state index in [-0.39, 0.29) is 5.57 Å². The van der Waals surface area contributed by atoms with Gasteiger partial charge in [-0.25, -0.2) is 4.39 Å². The van der Waals surface area contributed by atoms with E-state index < -0.39 is 11.7 Å². The summed E-state index contributed by atoms with van der Waals surface area (Å²) in [5.41, 5.74) is 6.94. The number of carbonyl (C=O) groups is 1. The second kappa shape index (κ2) is 6.90. The number of nitriles is 1. The van der Waals surface area contributed by atoms with Crippen molar-refractivity contribution in [3.8, 4) is 6.07 Å². The number of benzene rings is 2. The summed E-state index contributed by atoms with van der Waals surface area (Å²) < 4.78 is 13.0. The SMILES string of the molecule is N#C/C(=C/Nc1cccc(F)c1)C(=O)Nc1ccc(N)cc1. The smallest absolute Gasteiger partial charge is 0.267 e. The maximum absolute atomic E-state index is 13.0. The van der Waals surface area contributed by atoms with E-state index in [1.54, 1.807) is 36.4 Å². The number of halogens is 1. The molecule has 0 fully saturated rings. The highest BCUT2D eigenvalue weighted by Gasteiger charge is 2.09. The average molecular weight is 296 g/mol. The van der Waals surface area contributed by atoms with Gasteiger partial charge in [-0.2, -0.15) is 5.26 Å². The number of nitrogen functional groups attached to an aromatic ring is 1. The molecule has 0 radical (unpaired) electrons. The number of rotatable bonds is 4. The molecule has 0 saturated carbocycles. The van der Waals surface area contributed by atoms with Crippen LogP contribution in [0.25, 0.3) is 0 Å². The summed E-state index contributed by atoms with van der Waals surface area (Å²) in [5.74, 6) is -0.987. The van der Waals surface area contributed by atoms with E-state index in [1.807, 2.05) is 0 Å². The van der Waals surface area contributed by atoms with E-state index in [1.165, 1.54) is 24.4 Å². The van der Waals surface area contributed by atoms with Crippen LogP contribution in [0.5, 0.6) is 0 Å². The summed E-state index contributed by atoms with van der Waals surface area (Å²) >= 11 is 0. The lowest BCUT2D eigenvalue weighted by Gasteiger charge is -2.05. The van der Waals surface area contributed by atoms with E-state index in [9.17, 15) is 9.18 Å². The van der Waals surface area contributed by atoms with Gasteiger partial charge in [-0.1, -0.05) is 6.07 Å². The number of nitrogens with two attached hydrogens (primary N) is 1. The lowest BCUT2D eigenvalue weighted by molar-refractivity contribution is -0.112. The van der Waals surface area contributed by atoms with Gasteiger partial charge in [0.25, 0.3) is 5.91 Å². The molecule has 2 rings (SSSR count). The van der Waals surface area contributed by atoms with Gasteiger partial charge in [0.1, 0.15) is 17.5 Å². The molecule has 6 heteroatoms. The van der Waals surface area contributed by atoms with Crippen LogP contribution in [-0.4, -0.2) is 5.91 Å². The Hall–Kier alpha value is -3.33. The van der Waals surface area contributed by atoms with Crippen LogP contribution in [0.4, 0.5) is 21.5 Å². The third kappa shape index (κ3) is 4.08. The van der Waals surface area contributed by atoms with Crippen molar-refractivity contribution >= 4 is 23.0 Å². The monoisotopic (exact) mass is 296 g/mol. The van der Waals surface area contributed by atoms with Crippen LogP contribution in [0.1, 0.15) is 0 Å². The van der Waals surface area contributed by atoms with Crippen LogP contribution in [-0.2, 0) is 4.79 Å². The molecule has 0 aromatic heterocycles. The number of hydrogen-bond acceptors (Lipinski definition) is 4. The molecule has 0 bridgehead atoms. The number of nitrogens with one attached hydrogen (secondary N) is 2. The Morgan fingerprint density at radius 2 is 1.91 bits per heavy atom. The van der Waals surface area contributed by atoms with E-state index in [2.05, 4.69) is 10.6 Å². The van der Waals surface area contributed by atoms with E-state index in [4.69, 9.17) is 11.0 Å². The van der Waals surface area contributed by atoms with Gasteiger partial charge in [-0.15, -0.1) is 0 Å². The molecule has 0 heterocycles. The largest absolute Gasteiger partial charge is 0.399 e. The van der Waals surface area contributed by atoms with E-state index >= 15 is 0 Å². The number of hydrogen-bond donors (Lipinski definition) is 3. The maximum atomic E-state index is 13.0. The summed E-state index contributed by atoms with van der Waals surface area (Å²) in [7, 11) is 0. The fourth-order valence-electron chi connectivity index (χ4n) is 1.65. The van der Waals surface area contributed by atoms with Crippen molar-refractivity contribution in [2.45, 2.75) is 0 Å². The van der Waals surface area contributed by atoms with Crippen LogP contribution in [0.15, 0.2) is 60.3 Å². The molecule has 1 amide bonds. The predicted octanol–water partition coefficient (Wildman–Crippen LogP) is 2.87. The maximum Gasteiger partial charge on any atom is 0.267 e. The van der Waals surface area contributed by atoms with Crippen molar-refractivity contribution in [1.82, 2.24) is 0 Å². The van der Waals surface area contributed by atoms with Crippen molar-refractivity contribution in [2.24, 2.45) is 0 Å². The van der Waals surface area contributed by atoms with Crippen molar-refractivity contribution in [2.75, 3.05) is 16.4 Å². The Labute approximate surface area is 126 Å². The minimum absolute atomic E-state index is 0.138. The third-order valence-electron chi connectivity index (χ3n) is 2.74. The van der Waals surface area contributed by atoms with Crippen LogP contribution in [0, 0.1) is 17.1 Å². The normalized spacial score (nSPS) is 10.6. The zero-order valence-electron chi connectivity index (χ0n) is 11.5. The zero-order valence-corrected chi connectivity index (χ0v) is 11.5. The fraction of sp³-hybridized carbons (Fsp3) is 0. The Morgan fingerprint density at radius 3 is 2.55 bits per heavy atom. The highest BCUT2D eigenvalue weighted by molar-refractivity contribution is 6.06. The second-order valence-corrected chi connectivity index (χ2v) is 4.40. The second-order valence-electron chi connectivity index (χ2n) is 4.40. The standard InChI is InChI=1S/C16H13FN4O/c17-12-2-1-3-15(8-12)20-10-11(9-18)16(22)21-14-6-4-13(19)5-7-14/h1-8,10,20H,19H2,(H,21,22)/b11-10-. The van der Waals surface area contributed by atoms with Crippen molar-refractivity contribution in [1.29, 1.82) is 5.26 Å². The molecule has 2 aromatic carbocycles. The molecule has 0 spiro atoms. The van der Waals surface area contributed by atoms with Gasteiger partial charge in [0.05, 0.1) is 0 Å². The summed E-state index contributed by atoms with van der Waals surface area (Å²) in [4.78, 5) is 12.0. The van der Waals surface area contributed by atoms with Gasteiger partial charge in [-0.3, -0.25) is 4.79 Å². The molecule has 5 nitrogen and oxygen atoms in total. The first kappa shape index (κ1) is 15.1. The highest BCUT2D eigenvalue weighted by Crippen LogP contribution is 2.13. The fourth-order valence-corrected chi connectivity index (χ4v) is 1.65. The van der Waals surface area contributed by atoms with Crippen LogP contribution >= 0.6 is 0 Å². The topological polar surface area (TPSA) is 90.9 Å². The third-order valence-corrected chi connectivity index (χ3v) is 2.74. The Balaban J connectivity index is 2.07. The number of amides is 1. The first-order valence-corrected chi connectivity index (χ1v) is 6.38. The molecule has 110 valence electrons. The van der Waals surface area contributed by atoms with E-state index in [0.717, 1.165) is 0 Å². The lowest BCUT2D eigenvalue weighted by atomic mass is 10.2. The van der Waals surface area contributed by atoms with Gasteiger partial charge >= 0.3 is 0 Å². The van der Waals surface area contributed by atoms with E-state index in [0.29, 0.717) is 17.1 Å². The molecule has 0 atom stereocenters. The first-order valence-electron chi connectivity index (χ1n) is 6.38. The molecule has 0 aliphatic rings. The van der Waals surface area contributed by atoms with Crippen LogP contribution in [0.3, 0.4) is 0 Å². The molecule has 0 saturated heterocycles. The van der Waals surface area contributed by atoms with Gasteiger partial charge in [0.2, 0.25) is 0 Å². The van der Waals surface area contributed by atoms with Gasteiger partial charge in [0, 0.05) is 23.3 Å². The Bertz CT molecular complexity index is 747. The Morgan fingerprint density at radius 1 is 1.18 bits per heavy atom. The summed E-state index contributed by atoms with van der Waals surface area (Å²) in [6.45, 7) is 0. The number of carbonyl (C=O) groups excluding carboxylic acids is 1. The van der Waals surface area contributed by atoms with Crippen LogP contribution < -0.4 is 16.4 Å². The molecule has 4 N–H and O–H groups in total. The highest BCUT2D eigenvalue weighted by atomic mass is 19.1. The minimum atomic E-state index is -0.573. The van der Waals surface area contributed by atoms with Gasteiger partial charge in [-0.05, 0) is 42.5 Å². The predicted molar refractivity (Wildman–Crippen MR) is 83.2 cm³/mol. The molecule has 0 aliphatic heterocycles. The Kier molecular flexibility index (Phi) is 4.73. The quantitative estimate of drug-likeness (QED) is 0.459. The van der Waals surface area contributed by atoms with Crippen molar-refractivity contribution in [3.63, 3.8) is 0 Å². The first-order chi connectivity index (χ1) is 10.6. The summed E-state index contributed by atoms with van der Waals surface area (Å²) in [5, 5.41) is 14.3. The molecular formula is C16H13FN4O. The van der Waals surface area contributed by atoms with Crippen LogP contribution in [0.2, 0.25) is 0 Å². The number of anilines is 3. The molecular weight excluding hydrogens is 283 g/mol. The van der Waals surface area contributed by atoms with Crippen molar-refractivity contribution < 1.29 is 9.18 Å². The summed E-state index contributed by atoms with van der Waals surface area (Å²) in [6.07, 6.45) is 1.22.